The zero-order valence-electron chi connectivity index (χ0n) is 12.9. The number of fused-ring (bicyclic) bond motifs is 1. The molecule has 2 aromatic heterocycles. The predicted octanol–water partition coefficient (Wildman–Crippen LogP) is 3.11. The number of thiophene rings is 1. The molecule has 0 fully saturated rings. The van der Waals surface area contributed by atoms with Crippen molar-refractivity contribution < 1.29 is 17.6 Å². The van der Waals surface area contributed by atoms with Gasteiger partial charge in [0.15, 0.2) is 11.4 Å². The van der Waals surface area contributed by atoms with Crippen LogP contribution in [0.5, 0.6) is 0 Å². The third-order valence-corrected chi connectivity index (χ3v) is 6.79. The summed E-state index contributed by atoms with van der Waals surface area (Å²) >= 11 is 2.58. The molecule has 0 atom stereocenters. The Balaban J connectivity index is 1.80. The highest BCUT2D eigenvalue weighted by atomic mass is 32.2. The fraction of sp³-hybridized carbons (Fsp3) is 0.200. The molecule has 0 N–H and O–H groups in total. The average Bonchev–Trinajstić information content (AvgIpc) is 3.20. The SMILES string of the molecule is CN(C)S(=O)(=O)c1ccc2oc(SCC(=O)c3cccs3)nc2c1. The van der Waals surface area contributed by atoms with Crippen LogP contribution in [0.25, 0.3) is 11.1 Å². The lowest BCUT2D eigenvalue weighted by Crippen LogP contribution is -2.22. The number of Topliss-reactive ketones (excluding diaryl/α,β-unsaturated/α-hetero) is 1. The van der Waals surface area contributed by atoms with Crippen LogP contribution in [0.1, 0.15) is 9.67 Å². The van der Waals surface area contributed by atoms with Crippen molar-refractivity contribution in [3.05, 3.63) is 40.6 Å². The molecule has 0 aliphatic heterocycles. The molecule has 0 saturated carbocycles. The van der Waals surface area contributed by atoms with E-state index in [4.69, 9.17) is 4.42 Å². The van der Waals surface area contributed by atoms with Gasteiger partial charge in [-0.05, 0) is 29.6 Å². The summed E-state index contributed by atoms with van der Waals surface area (Å²) in [6.07, 6.45) is 0. The number of carbonyl (C=O) groups is 1. The molecule has 3 aromatic rings. The summed E-state index contributed by atoms with van der Waals surface area (Å²) in [5.74, 6) is 0.226. The molecule has 9 heteroatoms. The van der Waals surface area contributed by atoms with Gasteiger partial charge in [-0.25, -0.2) is 17.7 Å². The average molecular weight is 382 g/mol. The topological polar surface area (TPSA) is 80.5 Å². The molecule has 6 nitrogen and oxygen atoms in total. The molecule has 2 heterocycles. The van der Waals surface area contributed by atoms with Crippen LogP contribution < -0.4 is 0 Å². The van der Waals surface area contributed by atoms with E-state index in [0.29, 0.717) is 21.2 Å². The van der Waals surface area contributed by atoms with Gasteiger partial charge in [-0.2, -0.15) is 0 Å². The second-order valence-electron chi connectivity index (χ2n) is 5.09. The van der Waals surface area contributed by atoms with Crippen LogP contribution in [0.2, 0.25) is 0 Å². The summed E-state index contributed by atoms with van der Waals surface area (Å²) in [6.45, 7) is 0. The quantitative estimate of drug-likeness (QED) is 0.481. The maximum absolute atomic E-state index is 12.1. The van der Waals surface area contributed by atoms with E-state index in [0.717, 1.165) is 4.31 Å². The van der Waals surface area contributed by atoms with Crippen LogP contribution in [0.3, 0.4) is 0 Å². The van der Waals surface area contributed by atoms with E-state index >= 15 is 0 Å². The lowest BCUT2D eigenvalue weighted by atomic mass is 10.3. The fourth-order valence-electron chi connectivity index (χ4n) is 1.95. The molecule has 0 bridgehead atoms. The first kappa shape index (κ1) is 17.2. The minimum absolute atomic E-state index is 0.00753. The van der Waals surface area contributed by atoms with E-state index in [1.165, 1.54) is 49.3 Å². The molecule has 0 unspecified atom stereocenters. The van der Waals surface area contributed by atoms with E-state index in [1.54, 1.807) is 12.1 Å². The Labute approximate surface area is 147 Å². The summed E-state index contributed by atoms with van der Waals surface area (Å²) in [7, 11) is -0.578. The van der Waals surface area contributed by atoms with Crippen molar-refractivity contribution in [1.29, 1.82) is 0 Å². The largest absolute Gasteiger partial charge is 0.431 e. The number of rotatable bonds is 6. The highest BCUT2D eigenvalue weighted by Crippen LogP contribution is 2.27. The van der Waals surface area contributed by atoms with Gasteiger partial charge in [0, 0.05) is 14.1 Å². The molecular weight excluding hydrogens is 368 g/mol. The summed E-state index contributed by atoms with van der Waals surface area (Å²) in [5, 5.41) is 2.19. The highest BCUT2D eigenvalue weighted by molar-refractivity contribution is 7.99. The molecule has 24 heavy (non-hydrogen) atoms. The third-order valence-electron chi connectivity index (χ3n) is 3.24. The summed E-state index contributed by atoms with van der Waals surface area (Å²) in [6, 6.07) is 8.13. The Morgan fingerprint density at radius 2 is 2.12 bits per heavy atom. The Morgan fingerprint density at radius 3 is 2.79 bits per heavy atom. The zero-order chi connectivity index (χ0) is 17.3. The normalized spacial score (nSPS) is 12.1. The Morgan fingerprint density at radius 1 is 1.33 bits per heavy atom. The molecular formula is C15H14N2O4S3. The van der Waals surface area contributed by atoms with Crippen LogP contribution in [0.15, 0.2) is 50.2 Å². The summed E-state index contributed by atoms with van der Waals surface area (Å²) in [5.41, 5.74) is 0.933. The van der Waals surface area contributed by atoms with E-state index in [9.17, 15) is 13.2 Å². The number of aromatic nitrogens is 1. The van der Waals surface area contributed by atoms with E-state index in [-0.39, 0.29) is 16.4 Å². The first-order valence-electron chi connectivity index (χ1n) is 6.90. The van der Waals surface area contributed by atoms with Gasteiger partial charge in [0.05, 0.1) is 15.5 Å². The lowest BCUT2D eigenvalue weighted by molar-refractivity contribution is 0.102. The van der Waals surface area contributed by atoms with Gasteiger partial charge in [-0.15, -0.1) is 11.3 Å². The number of ketones is 1. The monoisotopic (exact) mass is 382 g/mol. The molecule has 0 aliphatic carbocycles. The smallest absolute Gasteiger partial charge is 0.257 e. The Kier molecular flexibility index (Phi) is 4.77. The number of hydrogen-bond acceptors (Lipinski definition) is 7. The van der Waals surface area contributed by atoms with Gasteiger partial charge in [-0.3, -0.25) is 4.79 Å². The maximum Gasteiger partial charge on any atom is 0.257 e. The number of nitrogens with zero attached hydrogens (tertiary/aromatic N) is 2. The molecule has 0 saturated heterocycles. The second kappa shape index (κ2) is 6.67. The van der Waals surface area contributed by atoms with Crippen molar-refractivity contribution in [2.24, 2.45) is 0 Å². The minimum Gasteiger partial charge on any atom is -0.431 e. The van der Waals surface area contributed by atoms with Crippen molar-refractivity contribution in [1.82, 2.24) is 9.29 Å². The number of oxazole rings is 1. The summed E-state index contributed by atoms with van der Waals surface area (Å²) in [4.78, 5) is 17.1. The number of hydrogen-bond donors (Lipinski definition) is 0. The number of carbonyl (C=O) groups excluding carboxylic acids is 1. The van der Waals surface area contributed by atoms with Gasteiger partial charge in [0.2, 0.25) is 10.0 Å². The van der Waals surface area contributed by atoms with Gasteiger partial charge < -0.3 is 4.42 Å². The maximum atomic E-state index is 12.1. The van der Waals surface area contributed by atoms with E-state index in [1.807, 2.05) is 11.4 Å². The van der Waals surface area contributed by atoms with E-state index in [2.05, 4.69) is 4.98 Å². The van der Waals surface area contributed by atoms with Gasteiger partial charge in [0.25, 0.3) is 5.22 Å². The van der Waals surface area contributed by atoms with Crippen molar-refractivity contribution in [3.8, 4) is 0 Å². The van der Waals surface area contributed by atoms with Crippen molar-refractivity contribution >= 4 is 50.0 Å². The first-order chi connectivity index (χ1) is 11.4. The van der Waals surface area contributed by atoms with Crippen molar-refractivity contribution in [2.45, 2.75) is 10.1 Å². The molecule has 0 aliphatic rings. The summed E-state index contributed by atoms with van der Waals surface area (Å²) < 4.78 is 31.0. The van der Waals surface area contributed by atoms with Crippen LogP contribution in [0.4, 0.5) is 0 Å². The fourth-order valence-corrected chi connectivity index (χ4v) is 4.35. The molecule has 1 aromatic carbocycles. The third kappa shape index (κ3) is 3.39. The van der Waals surface area contributed by atoms with Gasteiger partial charge >= 0.3 is 0 Å². The Hall–Kier alpha value is -1.68. The second-order valence-corrected chi connectivity index (χ2v) is 9.11. The predicted molar refractivity (Wildman–Crippen MR) is 94.3 cm³/mol. The van der Waals surface area contributed by atoms with Gasteiger partial charge in [-0.1, -0.05) is 17.8 Å². The lowest BCUT2D eigenvalue weighted by Gasteiger charge is -2.10. The first-order valence-corrected chi connectivity index (χ1v) is 10.2. The van der Waals surface area contributed by atoms with Crippen LogP contribution >= 0.6 is 23.1 Å². The standard InChI is InChI=1S/C15H14N2O4S3/c1-17(2)24(19,20)10-5-6-13-11(8-10)16-15(21-13)23-9-12(18)14-4-3-7-22-14/h3-8H,9H2,1-2H3. The molecule has 0 spiro atoms. The van der Waals surface area contributed by atoms with E-state index < -0.39 is 10.0 Å². The zero-order valence-corrected chi connectivity index (χ0v) is 15.4. The highest BCUT2D eigenvalue weighted by Gasteiger charge is 2.19. The van der Waals surface area contributed by atoms with Crippen LogP contribution in [-0.2, 0) is 10.0 Å². The van der Waals surface area contributed by atoms with Crippen LogP contribution in [-0.4, -0.2) is 43.3 Å². The number of sulfonamides is 1. The minimum atomic E-state index is -3.52. The number of benzene rings is 1. The van der Waals surface area contributed by atoms with Crippen LogP contribution in [0, 0.1) is 0 Å². The molecule has 0 radical (unpaired) electrons. The molecule has 126 valence electrons. The molecule has 3 rings (SSSR count). The van der Waals surface area contributed by atoms with Gasteiger partial charge in [0.1, 0.15) is 5.52 Å². The number of thioether (sulfide) groups is 1. The van der Waals surface area contributed by atoms with Crippen molar-refractivity contribution in [2.75, 3.05) is 19.8 Å². The van der Waals surface area contributed by atoms with Crippen molar-refractivity contribution in [3.63, 3.8) is 0 Å². The molecule has 0 amide bonds. The Bertz CT molecular complexity index is 975.